The first-order valence-corrected chi connectivity index (χ1v) is 14.6. The van der Waals surface area contributed by atoms with E-state index in [2.05, 4.69) is 10.3 Å². The van der Waals surface area contributed by atoms with E-state index in [1.165, 1.54) is 0 Å². The maximum absolute atomic E-state index is 12.9. The zero-order valence-electron chi connectivity index (χ0n) is 25.3. The van der Waals surface area contributed by atoms with Gasteiger partial charge in [0.15, 0.2) is 0 Å². The fourth-order valence-corrected chi connectivity index (χ4v) is 5.41. The molecule has 3 aromatic rings. The lowest BCUT2D eigenvalue weighted by atomic mass is 10.0. The van der Waals surface area contributed by atoms with Crippen LogP contribution in [0.4, 0.5) is 15.3 Å². The molecule has 0 spiro atoms. The molecule has 2 aliphatic rings. The van der Waals surface area contributed by atoms with Gasteiger partial charge in [-0.1, -0.05) is 18.2 Å². The predicted octanol–water partition coefficient (Wildman–Crippen LogP) is 6.50. The van der Waals surface area contributed by atoms with Gasteiger partial charge in [0.25, 0.3) is 0 Å². The Bertz CT molecular complexity index is 1470. The van der Waals surface area contributed by atoms with Gasteiger partial charge in [-0.05, 0) is 96.2 Å². The topological polar surface area (TPSA) is 117 Å². The van der Waals surface area contributed by atoms with Crippen LogP contribution in [0, 0.1) is 5.92 Å². The molecule has 2 atom stereocenters. The Kier molecular flexibility index (Phi) is 7.92. The lowest BCUT2D eigenvalue weighted by molar-refractivity contribution is -0.119. The number of fused-ring (bicyclic) bond motifs is 1. The van der Waals surface area contributed by atoms with Crippen LogP contribution in [0.5, 0.6) is 0 Å². The van der Waals surface area contributed by atoms with E-state index in [-0.39, 0.29) is 30.1 Å². The first-order valence-electron chi connectivity index (χ1n) is 14.6. The van der Waals surface area contributed by atoms with Crippen LogP contribution in [-0.2, 0) is 14.3 Å². The van der Waals surface area contributed by atoms with Crippen molar-refractivity contribution in [1.29, 1.82) is 0 Å². The van der Waals surface area contributed by atoms with Crippen molar-refractivity contribution in [3.63, 3.8) is 0 Å². The van der Waals surface area contributed by atoms with Crippen LogP contribution >= 0.6 is 0 Å². The van der Waals surface area contributed by atoms with Crippen LogP contribution < -0.4 is 5.32 Å². The highest BCUT2D eigenvalue weighted by Gasteiger charge is 2.35. The highest BCUT2D eigenvalue weighted by Crippen LogP contribution is 2.34. The second-order valence-corrected chi connectivity index (χ2v) is 13.2. The molecule has 2 aromatic carbocycles. The van der Waals surface area contributed by atoms with E-state index in [0.717, 1.165) is 40.8 Å². The Hall–Kier alpha value is -4.08. The van der Waals surface area contributed by atoms with Crippen molar-refractivity contribution in [2.45, 2.75) is 78.0 Å². The highest BCUT2D eigenvalue weighted by atomic mass is 16.6. The van der Waals surface area contributed by atoms with Crippen LogP contribution in [0.25, 0.3) is 22.2 Å². The van der Waals surface area contributed by atoms with Crippen LogP contribution in [0.15, 0.2) is 42.5 Å². The normalized spacial score (nSPS) is 19.3. The molecule has 5 rings (SSSR count). The number of H-pyrrole nitrogens is 1. The number of nitrogens with one attached hydrogen (secondary N) is 2. The van der Waals surface area contributed by atoms with E-state index in [1.807, 2.05) is 84.0 Å². The number of ether oxygens (including phenoxy) is 2. The van der Waals surface area contributed by atoms with Gasteiger partial charge < -0.3 is 24.7 Å². The molecule has 0 saturated carbocycles. The Labute approximate surface area is 246 Å². The number of carbonyl (C=O) groups is 3. The molecule has 1 aromatic heterocycles. The van der Waals surface area contributed by atoms with Crippen molar-refractivity contribution in [2.24, 2.45) is 5.92 Å². The summed E-state index contributed by atoms with van der Waals surface area (Å²) >= 11 is 0. The molecule has 1 unspecified atom stereocenters. The number of likely N-dealkylation sites (tertiary alicyclic amines) is 2. The number of rotatable bonds is 4. The molecule has 10 nitrogen and oxygen atoms in total. The smallest absolute Gasteiger partial charge is 0.410 e. The number of anilines is 1. The van der Waals surface area contributed by atoms with Gasteiger partial charge in [-0.15, -0.1) is 0 Å². The third-order valence-electron chi connectivity index (χ3n) is 7.39. The van der Waals surface area contributed by atoms with Gasteiger partial charge in [-0.3, -0.25) is 9.69 Å². The molecule has 2 aliphatic heterocycles. The monoisotopic (exact) mass is 575 g/mol. The summed E-state index contributed by atoms with van der Waals surface area (Å²) in [4.78, 5) is 49.6. The van der Waals surface area contributed by atoms with E-state index in [9.17, 15) is 14.4 Å². The van der Waals surface area contributed by atoms with Gasteiger partial charge in [0.2, 0.25) is 5.91 Å². The van der Waals surface area contributed by atoms with Crippen molar-refractivity contribution in [3.8, 4) is 11.1 Å². The second kappa shape index (κ2) is 11.3. The number of aromatic nitrogens is 2. The van der Waals surface area contributed by atoms with Gasteiger partial charge >= 0.3 is 12.2 Å². The zero-order valence-corrected chi connectivity index (χ0v) is 25.3. The maximum Gasteiger partial charge on any atom is 0.410 e. The Morgan fingerprint density at radius 2 is 1.55 bits per heavy atom. The minimum atomic E-state index is -0.567. The van der Waals surface area contributed by atoms with Gasteiger partial charge in [-0.25, -0.2) is 14.6 Å². The molecule has 10 heteroatoms. The van der Waals surface area contributed by atoms with Crippen molar-refractivity contribution >= 4 is 34.8 Å². The summed E-state index contributed by atoms with van der Waals surface area (Å²) in [7, 11) is 0. The summed E-state index contributed by atoms with van der Waals surface area (Å²) in [5, 5.41) is 2.98. The lowest BCUT2D eigenvalue weighted by Gasteiger charge is -2.27. The third kappa shape index (κ3) is 6.86. The number of imidazole rings is 1. The van der Waals surface area contributed by atoms with Crippen LogP contribution in [-0.4, -0.2) is 68.7 Å². The molecule has 42 heavy (non-hydrogen) atoms. The molecule has 0 aliphatic carbocycles. The Morgan fingerprint density at radius 1 is 0.881 bits per heavy atom. The summed E-state index contributed by atoms with van der Waals surface area (Å²) in [5.74, 6) is 0.381. The van der Waals surface area contributed by atoms with Gasteiger partial charge in [0, 0.05) is 25.3 Å². The van der Waals surface area contributed by atoms with Crippen molar-refractivity contribution < 1.29 is 23.9 Å². The minimum absolute atomic E-state index is 0.105. The van der Waals surface area contributed by atoms with E-state index in [1.54, 1.807) is 9.80 Å². The molecular weight excluding hydrogens is 534 g/mol. The fraction of sp³-hybridized carbons (Fsp3) is 0.500. The molecule has 0 radical (unpaired) electrons. The van der Waals surface area contributed by atoms with E-state index in [4.69, 9.17) is 14.5 Å². The van der Waals surface area contributed by atoms with E-state index < -0.39 is 11.2 Å². The van der Waals surface area contributed by atoms with Crippen molar-refractivity contribution in [2.75, 3.05) is 25.0 Å². The number of amides is 3. The largest absolute Gasteiger partial charge is 0.444 e. The molecular formula is C32H41N5O5. The number of hydrogen-bond donors (Lipinski definition) is 2. The summed E-state index contributed by atoms with van der Waals surface area (Å²) in [6, 6.07) is 13.6. The summed E-state index contributed by atoms with van der Waals surface area (Å²) in [5.41, 5.74) is 3.31. The van der Waals surface area contributed by atoms with Crippen LogP contribution in [0.1, 0.15) is 72.7 Å². The van der Waals surface area contributed by atoms with E-state index in [0.29, 0.717) is 31.7 Å². The summed E-state index contributed by atoms with van der Waals surface area (Å²) < 4.78 is 11.1. The van der Waals surface area contributed by atoms with Gasteiger partial charge in [-0.2, -0.15) is 0 Å². The number of benzene rings is 2. The predicted molar refractivity (Wildman–Crippen MR) is 161 cm³/mol. The average Bonchev–Trinajstić information content (AvgIpc) is 3.66. The molecule has 2 N–H and O–H groups in total. The number of aromatic amines is 1. The number of carbonyl (C=O) groups excluding carboxylic acids is 3. The van der Waals surface area contributed by atoms with E-state index >= 15 is 0 Å². The lowest BCUT2D eigenvalue weighted by Crippen LogP contribution is -2.36. The Morgan fingerprint density at radius 3 is 2.24 bits per heavy atom. The minimum Gasteiger partial charge on any atom is -0.444 e. The fourth-order valence-electron chi connectivity index (χ4n) is 5.41. The van der Waals surface area contributed by atoms with Crippen LogP contribution in [0.3, 0.4) is 0 Å². The van der Waals surface area contributed by atoms with Crippen molar-refractivity contribution in [3.05, 3.63) is 48.3 Å². The first-order chi connectivity index (χ1) is 19.8. The molecule has 0 bridgehead atoms. The SMILES string of the molecule is CC(C)(C)OC(=O)N1CCC(C(=O)Nc2ccc(-c3ccc4[nH]c([C@@H]5CCCN5C(=O)OC(C)(C)C)nc4c3)cc2)C1. The standard InChI is InChI=1S/C32H41N5O5/c1-31(2,3)41-29(39)36-17-15-22(19-36)28(38)33-23-12-9-20(10-13-23)21-11-14-24-25(18-21)35-27(34-24)26-8-7-16-37(26)30(40)42-32(4,5)6/h9-14,18,22,26H,7-8,15-17,19H2,1-6H3,(H,33,38)(H,34,35)/t22?,26-/m0/s1. The number of nitrogens with zero attached hydrogens (tertiary/aromatic N) is 3. The molecule has 3 amide bonds. The molecule has 3 heterocycles. The van der Waals surface area contributed by atoms with Crippen molar-refractivity contribution in [1.82, 2.24) is 19.8 Å². The third-order valence-corrected chi connectivity index (χ3v) is 7.39. The average molecular weight is 576 g/mol. The zero-order chi connectivity index (χ0) is 30.2. The van der Waals surface area contributed by atoms with Gasteiger partial charge in [0.1, 0.15) is 17.0 Å². The summed E-state index contributed by atoms with van der Waals surface area (Å²) in [6.07, 6.45) is 1.64. The molecule has 2 fully saturated rings. The molecule has 224 valence electrons. The summed E-state index contributed by atoms with van der Waals surface area (Å²) in [6.45, 7) is 12.6. The van der Waals surface area contributed by atoms with Crippen LogP contribution in [0.2, 0.25) is 0 Å². The molecule has 2 saturated heterocycles. The second-order valence-electron chi connectivity index (χ2n) is 13.2. The highest BCUT2D eigenvalue weighted by molar-refractivity contribution is 5.93. The Balaban J connectivity index is 1.22. The number of hydrogen-bond acceptors (Lipinski definition) is 6. The quantitative estimate of drug-likeness (QED) is 0.367. The first kappa shape index (κ1) is 29.4. The maximum atomic E-state index is 12.9. The van der Waals surface area contributed by atoms with Gasteiger partial charge in [0.05, 0.1) is 23.0 Å².